The van der Waals surface area contributed by atoms with Crippen LogP contribution in [0.1, 0.15) is 5.56 Å². The molecule has 0 saturated heterocycles. The minimum Gasteiger partial charge on any atom is -0.491 e. The number of nitriles is 1. The van der Waals surface area contributed by atoms with Gasteiger partial charge in [0.15, 0.2) is 9.84 Å². The Morgan fingerprint density at radius 3 is 2.38 bits per heavy atom. The van der Waals surface area contributed by atoms with Gasteiger partial charge in [-0.1, -0.05) is 12.1 Å². The third-order valence-corrected chi connectivity index (χ3v) is 5.14. The van der Waals surface area contributed by atoms with E-state index in [-0.39, 0.29) is 17.3 Å². The number of para-hydroxylation sites is 1. The smallest absolute Gasteiger partial charge is 0.181 e. The molecule has 0 aliphatic rings. The third-order valence-electron chi connectivity index (χ3n) is 2.79. The maximum Gasteiger partial charge on any atom is 0.181 e. The maximum absolute atomic E-state index is 12.1. The zero-order chi connectivity index (χ0) is 15.3. The zero-order valence-corrected chi connectivity index (χ0v) is 13.4. The van der Waals surface area contributed by atoms with Gasteiger partial charge in [-0.3, -0.25) is 0 Å². The molecule has 2 rings (SSSR count). The minimum atomic E-state index is -3.42. The average Bonchev–Trinajstić information content (AvgIpc) is 2.49. The summed E-state index contributed by atoms with van der Waals surface area (Å²) in [6, 6.07) is 15.1. The molecule has 108 valence electrons. The van der Waals surface area contributed by atoms with Gasteiger partial charge in [0.1, 0.15) is 12.4 Å². The quantitative estimate of drug-likeness (QED) is 0.815. The summed E-state index contributed by atoms with van der Waals surface area (Å²) in [6.07, 6.45) is 0. The second-order valence-corrected chi connectivity index (χ2v) is 7.20. The number of hydrogen-bond donors (Lipinski definition) is 0. The Labute approximate surface area is 132 Å². The minimum absolute atomic E-state index is 0.0605. The summed E-state index contributed by atoms with van der Waals surface area (Å²) in [5.74, 6) is 0.479. The van der Waals surface area contributed by atoms with Crippen LogP contribution < -0.4 is 4.74 Å². The second kappa shape index (κ2) is 6.74. The molecule has 0 fully saturated rings. The summed E-state index contributed by atoms with van der Waals surface area (Å²) in [5, 5.41) is 8.70. The van der Waals surface area contributed by atoms with Gasteiger partial charge in [0.25, 0.3) is 0 Å². The molecule has 0 aliphatic carbocycles. The van der Waals surface area contributed by atoms with Gasteiger partial charge in [-0.15, -0.1) is 0 Å². The van der Waals surface area contributed by atoms with E-state index in [1.807, 2.05) is 24.3 Å². The van der Waals surface area contributed by atoms with Gasteiger partial charge >= 0.3 is 0 Å². The van der Waals surface area contributed by atoms with E-state index in [0.717, 1.165) is 4.47 Å². The Hall–Kier alpha value is -1.84. The van der Waals surface area contributed by atoms with E-state index in [1.165, 1.54) is 24.3 Å². The summed E-state index contributed by atoms with van der Waals surface area (Å²) < 4.78 is 30.5. The predicted molar refractivity (Wildman–Crippen MR) is 82.8 cm³/mol. The van der Waals surface area contributed by atoms with Gasteiger partial charge in [-0.05, 0) is 52.3 Å². The van der Waals surface area contributed by atoms with E-state index in [2.05, 4.69) is 15.9 Å². The largest absolute Gasteiger partial charge is 0.491 e. The Bertz CT molecular complexity index is 764. The highest BCUT2D eigenvalue weighted by atomic mass is 79.9. The van der Waals surface area contributed by atoms with Crippen molar-refractivity contribution >= 4 is 25.8 Å². The second-order valence-electron chi connectivity index (χ2n) is 4.23. The third kappa shape index (κ3) is 4.06. The zero-order valence-electron chi connectivity index (χ0n) is 11.0. The fraction of sp³-hybridized carbons (Fsp3) is 0.133. The van der Waals surface area contributed by atoms with Gasteiger partial charge in [-0.2, -0.15) is 5.26 Å². The molecule has 0 radical (unpaired) electrons. The summed E-state index contributed by atoms with van der Waals surface area (Å²) in [7, 11) is -3.42. The van der Waals surface area contributed by atoms with Crippen LogP contribution in [-0.4, -0.2) is 20.8 Å². The fourth-order valence-electron chi connectivity index (χ4n) is 1.68. The van der Waals surface area contributed by atoms with Gasteiger partial charge in [0.2, 0.25) is 0 Å². The van der Waals surface area contributed by atoms with Crippen molar-refractivity contribution in [2.45, 2.75) is 4.90 Å². The normalized spacial score (nSPS) is 10.9. The fourth-order valence-corrected chi connectivity index (χ4v) is 3.17. The highest BCUT2D eigenvalue weighted by molar-refractivity contribution is 9.10. The summed E-state index contributed by atoms with van der Waals surface area (Å²) >= 11 is 3.33. The highest BCUT2D eigenvalue weighted by Gasteiger charge is 2.14. The first-order chi connectivity index (χ1) is 10.0. The average molecular weight is 366 g/mol. The van der Waals surface area contributed by atoms with Crippen LogP contribution in [-0.2, 0) is 9.84 Å². The SMILES string of the molecule is N#Cc1ccc(S(=O)(=O)CCOc2ccccc2Br)cc1. The lowest BCUT2D eigenvalue weighted by Gasteiger charge is -2.08. The Kier molecular flexibility index (Phi) is 4.99. The molecule has 6 heteroatoms. The monoisotopic (exact) mass is 365 g/mol. The predicted octanol–water partition coefficient (Wildman–Crippen LogP) is 3.17. The molecular weight excluding hydrogens is 354 g/mol. The van der Waals surface area contributed by atoms with Crippen LogP contribution in [0.5, 0.6) is 5.75 Å². The molecular formula is C15H12BrNO3S. The Morgan fingerprint density at radius 2 is 1.76 bits per heavy atom. The lowest BCUT2D eigenvalue weighted by molar-refractivity contribution is 0.339. The van der Waals surface area contributed by atoms with Gasteiger partial charge in [0.05, 0.1) is 26.8 Å². The lowest BCUT2D eigenvalue weighted by Crippen LogP contribution is -2.14. The van der Waals surface area contributed by atoms with E-state index in [4.69, 9.17) is 10.00 Å². The van der Waals surface area contributed by atoms with Crippen molar-refractivity contribution in [3.05, 3.63) is 58.6 Å². The van der Waals surface area contributed by atoms with E-state index in [1.54, 1.807) is 6.07 Å². The highest BCUT2D eigenvalue weighted by Crippen LogP contribution is 2.24. The number of hydrogen-bond acceptors (Lipinski definition) is 4. The van der Waals surface area contributed by atoms with E-state index in [0.29, 0.717) is 11.3 Å². The molecule has 0 heterocycles. The lowest BCUT2D eigenvalue weighted by atomic mass is 10.2. The summed E-state index contributed by atoms with van der Waals surface area (Å²) in [5.41, 5.74) is 0.429. The van der Waals surface area contributed by atoms with Crippen molar-refractivity contribution < 1.29 is 13.2 Å². The summed E-state index contributed by atoms with van der Waals surface area (Å²) in [4.78, 5) is 0.192. The van der Waals surface area contributed by atoms with Crippen LogP contribution in [0.4, 0.5) is 0 Å². The van der Waals surface area contributed by atoms with Crippen molar-refractivity contribution in [3.63, 3.8) is 0 Å². The number of sulfone groups is 1. The van der Waals surface area contributed by atoms with Crippen molar-refractivity contribution in [2.75, 3.05) is 12.4 Å². The topological polar surface area (TPSA) is 67.2 Å². The van der Waals surface area contributed by atoms with Crippen LogP contribution in [0.15, 0.2) is 57.9 Å². The Balaban J connectivity index is 2.01. The molecule has 2 aromatic carbocycles. The first-order valence-corrected chi connectivity index (χ1v) is 8.58. The molecule has 0 saturated carbocycles. The van der Waals surface area contributed by atoms with Crippen molar-refractivity contribution in [1.82, 2.24) is 0 Å². The van der Waals surface area contributed by atoms with E-state index >= 15 is 0 Å². The van der Waals surface area contributed by atoms with Crippen molar-refractivity contribution in [2.24, 2.45) is 0 Å². The standard InChI is InChI=1S/C15H12BrNO3S/c16-14-3-1-2-4-15(14)20-9-10-21(18,19)13-7-5-12(11-17)6-8-13/h1-8H,9-10H2. The number of rotatable bonds is 5. The van der Waals surface area contributed by atoms with Crippen LogP contribution >= 0.6 is 15.9 Å². The molecule has 4 nitrogen and oxygen atoms in total. The van der Waals surface area contributed by atoms with Crippen LogP contribution in [0.3, 0.4) is 0 Å². The first-order valence-electron chi connectivity index (χ1n) is 6.13. The van der Waals surface area contributed by atoms with E-state index in [9.17, 15) is 8.42 Å². The molecule has 0 bridgehead atoms. The summed E-state index contributed by atoms with van der Waals surface area (Å²) in [6.45, 7) is 0.0605. The molecule has 21 heavy (non-hydrogen) atoms. The molecule has 0 N–H and O–H groups in total. The Morgan fingerprint density at radius 1 is 1.10 bits per heavy atom. The van der Waals surface area contributed by atoms with E-state index < -0.39 is 9.84 Å². The first kappa shape index (κ1) is 15.5. The molecule has 0 atom stereocenters. The molecule has 0 spiro atoms. The number of halogens is 1. The maximum atomic E-state index is 12.1. The number of benzene rings is 2. The van der Waals surface area contributed by atoms with Crippen LogP contribution in [0, 0.1) is 11.3 Å². The molecule has 0 aromatic heterocycles. The molecule has 0 amide bonds. The number of nitrogens with zero attached hydrogens (tertiary/aromatic N) is 1. The van der Waals surface area contributed by atoms with Crippen molar-refractivity contribution in [1.29, 1.82) is 5.26 Å². The van der Waals surface area contributed by atoms with Gasteiger partial charge in [-0.25, -0.2) is 8.42 Å². The van der Waals surface area contributed by atoms with Crippen LogP contribution in [0.25, 0.3) is 0 Å². The van der Waals surface area contributed by atoms with Crippen LogP contribution in [0.2, 0.25) is 0 Å². The van der Waals surface area contributed by atoms with Gasteiger partial charge < -0.3 is 4.74 Å². The molecule has 0 unspecified atom stereocenters. The molecule has 2 aromatic rings. The molecule has 0 aliphatic heterocycles. The number of ether oxygens (including phenoxy) is 1. The van der Waals surface area contributed by atoms with Gasteiger partial charge in [0, 0.05) is 0 Å². The van der Waals surface area contributed by atoms with Crippen molar-refractivity contribution in [3.8, 4) is 11.8 Å².